The van der Waals surface area contributed by atoms with Crippen molar-refractivity contribution in [2.24, 2.45) is 5.10 Å². The fraction of sp³-hybridized carbons (Fsp3) is 0.276. The summed E-state index contributed by atoms with van der Waals surface area (Å²) >= 11 is 10.1. The van der Waals surface area contributed by atoms with Crippen LogP contribution in [0.3, 0.4) is 0 Å². The van der Waals surface area contributed by atoms with Crippen molar-refractivity contribution < 1.29 is 18.9 Å². The maximum absolute atomic E-state index is 13.4. The summed E-state index contributed by atoms with van der Waals surface area (Å²) in [6.45, 7) is 6.84. The van der Waals surface area contributed by atoms with Gasteiger partial charge in [-0.3, -0.25) is 4.79 Å². The number of nitrogens with zero attached hydrogens (tertiary/aromatic N) is 3. The van der Waals surface area contributed by atoms with Gasteiger partial charge in [-0.2, -0.15) is 9.78 Å². The van der Waals surface area contributed by atoms with Gasteiger partial charge >= 0.3 is 0 Å². The van der Waals surface area contributed by atoms with Gasteiger partial charge in [0.05, 0.1) is 28.7 Å². The highest BCUT2D eigenvalue weighted by molar-refractivity contribution is 9.10. The molecule has 202 valence electrons. The summed E-state index contributed by atoms with van der Waals surface area (Å²) in [4.78, 5) is 18.2. The number of rotatable bonds is 9. The summed E-state index contributed by atoms with van der Waals surface area (Å²) in [6, 6.07) is 14.6. The molecule has 0 fully saturated rings. The zero-order chi connectivity index (χ0) is 27.5. The molecule has 0 amide bonds. The number of hydrogen-bond donors (Lipinski definition) is 0. The van der Waals surface area contributed by atoms with Crippen LogP contribution in [0.5, 0.6) is 23.0 Å². The van der Waals surface area contributed by atoms with Gasteiger partial charge in [-0.15, -0.1) is 0 Å². The first-order valence-corrected chi connectivity index (χ1v) is 13.8. The summed E-state index contributed by atoms with van der Waals surface area (Å²) in [6.07, 6.45) is 2.38. The van der Waals surface area contributed by atoms with Crippen LogP contribution in [0, 0.1) is 0 Å². The van der Waals surface area contributed by atoms with Gasteiger partial charge in [0.1, 0.15) is 12.4 Å². The molecule has 0 radical (unpaired) electrons. The van der Waals surface area contributed by atoms with E-state index < -0.39 is 0 Å². The first-order chi connectivity index (χ1) is 18.9. The average molecular weight is 613 g/mol. The minimum absolute atomic E-state index is 0.0254. The lowest BCUT2D eigenvalue weighted by Crippen LogP contribution is -2.23. The van der Waals surface area contributed by atoms with E-state index in [4.69, 9.17) is 35.5 Å². The lowest BCUT2D eigenvalue weighted by atomic mass is 10.1. The highest BCUT2D eigenvalue weighted by atomic mass is 79.9. The van der Waals surface area contributed by atoms with E-state index in [0.29, 0.717) is 56.9 Å². The van der Waals surface area contributed by atoms with Gasteiger partial charge in [0.2, 0.25) is 6.79 Å². The molecule has 0 aliphatic carbocycles. The van der Waals surface area contributed by atoms with Crippen LogP contribution in [0.25, 0.3) is 10.9 Å². The van der Waals surface area contributed by atoms with Gasteiger partial charge in [-0.1, -0.05) is 47.4 Å². The van der Waals surface area contributed by atoms with E-state index in [2.05, 4.69) is 21.0 Å². The number of halogens is 2. The third-order valence-electron chi connectivity index (χ3n) is 6.36. The van der Waals surface area contributed by atoms with E-state index in [1.165, 1.54) is 4.68 Å². The Labute approximate surface area is 239 Å². The number of aromatic nitrogens is 2. The van der Waals surface area contributed by atoms with E-state index in [1.54, 1.807) is 24.4 Å². The van der Waals surface area contributed by atoms with Crippen molar-refractivity contribution in [2.75, 3.05) is 13.4 Å². The van der Waals surface area contributed by atoms with E-state index in [-0.39, 0.29) is 24.9 Å². The number of ether oxygens (including phenoxy) is 4. The first kappa shape index (κ1) is 27.0. The lowest BCUT2D eigenvalue weighted by molar-refractivity contribution is 0.174. The van der Waals surface area contributed by atoms with Gasteiger partial charge < -0.3 is 18.9 Å². The number of hydrogen-bond acceptors (Lipinski definition) is 7. The molecule has 0 saturated heterocycles. The Morgan fingerprint density at radius 1 is 1.13 bits per heavy atom. The van der Waals surface area contributed by atoms with Crippen molar-refractivity contribution >= 4 is 44.6 Å². The van der Waals surface area contributed by atoms with E-state index in [0.717, 1.165) is 16.5 Å². The van der Waals surface area contributed by atoms with Crippen LogP contribution in [-0.2, 0) is 6.61 Å². The molecule has 4 aromatic rings. The second-order valence-corrected chi connectivity index (χ2v) is 10.4. The minimum atomic E-state index is -0.243. The zero-order valence-corrected chi connectivity index (χ0v) is 24.1. The Balaban J connectivity index is 1.47. The zero-order valence-electron chi connectivity index (χ0n) is 21.7. The van der Waals surface area contributed by atoms with Crippen molar-refractivity contribution in [3.05, 3.63) is 85.3 Å². The van der Waals surface area contributed by atoms with Crippen molar-refractivity contribution in [1.82, 2.24) is 9.66 Å². The van der Waals surface area contributed by atoms with Gasteiger partial charge in [0.15, 0.2) is 23.0 Å². The molecule has 39 heavy (non-hydrogen) atoms. The van der Waals surface area contributed by atoms with Gasteiger partial charge in [0.25, 0.3) is 5.56 Å². The SMILES string of the molecule is CCOc1cc(C=Nn2c([C@@H](C)CC)nc3ccc(Br)cc3c2=O)cc(Cl)c1OCc1ccc2c(c1)OCO2. The molecule has 3 aromatic carbocycles. The molecule has 0 bridgehead atoms. The molecular weight excluding hydrogens is 586 g/mol. The minimum Gasteiger partial charge on any atom is -0.490 e. The third kappa shape index (κ3) is 5.74. The molecule has 0 spiro atoms. The van der Waals surface area contributed by atoms with E-state index >= 15 is 0 Å². The Morgan fingerprint density at radius 2 is 1.95 bits per heavy atom. The maximum Gasteiger partial charge on any atom is 0.282 e. The van der Waals surface area contributed by atoms with Gasteiger partial charge in [-0.05, 0) is 66.9 Å². The molecule has 10 heteroatoms. The molecule has 0 saturated carbocycles. The van der Waals surface area contributed by atoms with Crippen molar-refractivity contribution in [1.29, 1.82) is 0 Å². The van der Waals surface area contributed by atoms with Crippen LogP contribution in [0.4, 0.5) is 0 Å². The van der Waals surface area contributed by atoms with Crippen molar-refractivity contribution in [3.63, 3.8) is 0 Å². The smallest absolute Gasteiger partial charge is 0.282 e. The third-order valence-corrected chi connectivity index (χ3v) is 7.13. The topological polar surface area (TPSA) is 84.2 Å². The molecule has 0 N–H and O–H groups in total. The Bertz CT molecular complexity index is 1620. The van der Waals surface area contributed by atoms with Crippen LogP contribution in [0.2, 0.25) is 5.02 Å². The summed E-state index contributed by atoms with van der Waals surface area (Å²) in [5.74, 6) is 2.90. The molecule has 5 rings (SSSR count). The largest absolute Gasteiger partial charge is 0.490 e. The van der Waals surface area contributed by atoms with Crippen LogP contribution < -0.4 is 24.5 Å². The standard InChI is InChI=1S/C29H27BrClN3O5/c1-4-17(3)28-33-23-8-7-20(30)13-21(23)29(35)34(28)32-14-19-10-22(31)27(26(12-19)36-5-2)37-15-18-6-9-24-25(11-18)39-16-38-24/h6-14,17H,4-5,15-16H2,1-3H3/t17-/m0/s1. The highest BCUT2D eigenvalue weighted by Crippen LogP contribution is 2.38. The maximum atomic E-state index is 13.4. The fourth-order valence-corrected chi connectivity index (χ4v) is 4.79. The molecule has 1 aliphatic rings. The first-order valence-electron chi connectivity index (χ1n) is 12.6. The average Bonchev–Trinajstić information content (AvgIpc) is 3.40. The molecular formula is C29H27BrClN3O5. The summed E-state index contributed by atoms with van der Waals surface area (Å²) in [7, 11) is 0. The van der Waals surface area contributed by atoms with E-state index in [1.807, 2.05) is 51.1 Å². The van der Waals surface area contributed by atoms with E-state index in [9.17, 15) is 4.79 Å². The van der Waals surface area contributed by atoms with Crippen LogP contribution in [-0.4, -0.2) is 29.3 Å². The van der Waals surface area contributed by atoms with Crippen LogP contribution in [0.15, 0.2) is 62.9 Å². The predicted molar refractivity (Wildman–Crippen MR) is 155 cm³/mol. The summed E-state index contributed by atoms with van der Waals surface area (Å²) in [5.41, 5.74) is 1.94. The lowest BCUT2D eigenvalue weighted by Gasteiger charge is -2.15. The van der Waals surface area contributed by atoms with Crippen LogP contribution in [0.1, 0.15) is 50.1 Å². The molecule has 1 aromatic heterocycles. The molecule has 1 aliphatic heterocycles. The summed E-state index contributed by atoms with van der Waals surface area (Å²) < 4.78 is 24.9. The normalized spacial score (nSPS) is 13.3. The predicted octanol–water partition coefficient (Wildman–Crippen LogP) is 6.91. The Morgan fingerprint density at radius 3 is 2.74 bits per heavy atom. The second-order valence-electron chi connectivity index (χ2n) is 9.04. The van der Waals surface area contributed by atoms with Crippen LogP contribution >= 0.6 is 27.5 Å². The monoisotopic (exact) mass is 611 g/mol. The molecule has 8 nitrogen and oxygen atoms in total. The fourth-order valence-electron chi connectivity index (χ4n) is 4.16. The molecule has 0 unspecified atom stereocenters. The molecule has 2 heterocycles. The summed E-state index contributed by atoms with van der Waals surface area (Å²) in [5, 5.41) is 5.38. The van der Waals surface area contributed by atoms with Gasteiger partial charge in [-0.25, -0.2) is 4.98 Å². The van der Waals surface area contributed by atoms with Crippen molar-refractivity contribution in [2.45, 2.75) is 39.7 Å². The second kappa shape index (κ2) is 11.7. The molecule has 1 atom stereocenters. The Kier molecular flexibility index (Phi) is 8.09. The quantitative estimate of drug-likeness (QED) is 0.191. The number of fused-ring (bicyclic) bond motifs is 2. The van der Waals surface area contributed by atoms with Crippen molar-refractivity contribution in [3.8, 4) is 23.0 Å². The Hall–Kier alpha value is -3.56. The highest BCUT2D eigenvalue weighted by Gasteiger charge is 2.18. The van der Waals surface area contributed by atoms with Gasteiger partial charge in [0, 0.05) is 10.4 Å². The number of benzene rings is 3.